The Morgan fingerprint density at radius 1 is 1.58 bits per heavy atom. The summed E-state index contributed by atoms with van der Waals surface area (Å²) in [6, 6.07) is 5.03. The summed E-state index contributed by atoms with van der Waals surface area (Å²) in [7, 11) is 0. The summed E-state index contributed by atoms with van der Waals surface area (Å²) in [6.07, 6.45) is 0. The van der Waals surface area contributed by atoms with Gasteiger partial charge in [-0.3, -0.25) is 10.1 Å². The number of hydrogen-bond donors (Lipinski definition) is 1. The van der Waals surface area contributed by atoms with E-state index < -0.39 is 0 Å². The van der Waals surface area contributed by atoms with Crippen molar-refractivity contribution in [1.29, 1.82) is 0 Å². The van der Waals surface area contributed by atoms with Gasteiger partial charge in [-0.25, -0.2) is 0 Å². The molecule has 0 saturated heterocycles. The zero-order valence-corrected chi connectivity index (χ0v) is 7.54. The molecule has 0 spiro atoms. The molecule has 0 aliphatic rings. The van der Waals surface area contributed by atoms with Gasteiger partial charge in [-0.1, -0.05) is 12.1 Å². The fourth-order valence-corrected chi connectivity index (χ4v) is 1.47. The molecule has 0 aliphatic carbocycles. The van der Waals surface area contributed by atoms with Crippen LogP contribution in [-0.2, 0) is 5.75 Å². The Balaban J connectivity index is 3.27. The maximum atomic E-state index is 10.5. The van der Waals surface area contributed by atoms with Crippen LogP contribution in [0.25, 0.3) is 0 Å². The van der Waals surface area contributed by atoms with Gasteiger partial charge >= 0.3 is 0 Å². The van der Waals surface area contributed by atoms with E-state index in [9.17, 15) is 10.1 Å². The first-order valence-corrected chi connectivity index (χ1v) is 4.14. The van der Waals surface area contributed by atoms with Gasteiger partial charge in [-0.15, -0.1) is 0 Å². The normalized spacial score (nSPS) is 9.83. The van der Waals surface area contributed by atoms with Crippen LogP contribution >= 0.6 is 12.6 Å². The summed E-state index contributed by atoms with van der Waals surface area (Å²) in [5.74, 6) is 0.406. The standard InChI is InChI=1S/C8H9NO2S/c1-6-3-2-4-8(9(10)11)7(6)5-12/h2-4,12H,5H2,1H3. The van der Waals surface area contributed by atoms with Crippen molar-refractivity contribution in [3.05, 3.63) is 39.4 Å². The maximum Gasteiger partial charge on any atom is 0.273 e. The lowest BCUT2D eigenvalue weighted by Gasteiger charge is -2.01. The van der Waals surface area contributed by atoms with Crippen LogP contribution in [-0.4, -0.2) is 4.92 Å². The Hall–Kier alpha value is -1.03. The summed E-state index contributed by atoms with van der Waals surface area (Å²) in [6.45, 7) is 1.85. The molecule has 0 fully saturated rings. The first-order valence-electron chi connectivity index (χ1n) is 3.50. The Bertz CT molecular complexity index is 312. The molecule has 0 atom stereocenters. The fourth-order valence-electron chi connectivity index (χ4n) is 1.06. The Kier molecular flexibility index (Phi) is 2.70. The van der Waals surface area contributed by atoms with Gasteiger partial charge in [0, 0.05) is 17.4 Å². The second-order valence-electron chi connectivity index (χ2n) is 2.49. The van der Waals surface area contributed by atoms with Crippen molar-refractivity contribution in [2.45, 2.75) is 12.7 Å². The number of nitro groups is 1. The van der Waals surface area contributed by atoms with E-state index in [1.165, 1.54) is 6.07 Å². The van der Waals surface area contributed by atoms with Crippen LogP contribution in [0.15, 0.2) is 18.2 Å². The highest BCUT2D eigenvalue weighted by atomic mass is 32.1. The van der Waals surface area contributed by atoms with E-state index in [1.54, 1.807) is 6.07 Å². The first-order chi connectivity index (χ1) is 5.66. The number of rotatable bonds is 2. The SMILES string of the molecule is Cc1cccc([N+](=O)[O-])c1CS. The van der Waals surface area contributed by atoms with Gasteiger partial charge in [-0.2, -0.15) is 12.6 Å². The van der Waals surface area contributed by atoms with E-state index >= 15 is 0 Å². The van der Waals surface area contributed by atoms with Crippen molar-refractivity contribution in [2.75, 3.05) is 0 Å². The van der Waals surface area contributed by atoms with Crippen LogP contribution in [0.1, 0.15) is 11.1 Å². The van der Waals surface area contributed by atoms with E-state index in [0.717, 1.165) is 5.56 Å². The van der Waals surface area contributed by atoms with E-state index in [1.807, 2.05) is 13.0 Å². The van der Waals surface area contributed by atoms with Crippen LogP contribution in [0.3, 0.4) is 0 Å². The molecule has 0 radical (unpaired) electrons. The highest BCUT2D eigenvalue weighted by molar-refractivity contribution is 7.79. The molecule has 0 saturated carbocycles. The number of nitrogens with zero attached hydrogens (tertiary/aromatic N) is 1. The molecule has 1 aromatic carbocycles. The van der Waals surface area contributed by atoms with Crippen LogP contribution in [0.5, 0.6) is 0 Å². The first kappa shape index (κ1) is 9.06. The van der Waals surface area contributed by atoms with Crippen molar-refractivity contribution in [3.63, 3.8) is 0 Å². The molecular weight excluding hydrogens is 174 g/mol. The molecule has 64 valence electrons. The van der Waals surface area contributed by atoms with Gasteiger partial charge < -0.3 is 0 Å². The average Bonchev–Trinajstić information content (AvgIpc) is 2.03. The average molecular weight is 183 g/mol. The van der Waals surface area contributed by atoms with Crippen LogP contribution < -0.4 is 0 Å². The quantitative estimate of drug-likeness (QED) is 0.434. The van der Waals surface area contributed by atoms with Gasteiger partial charge in [-0.05, 0) is 12.5 Å². The van der Waals surface area contributed by atoms with E-state index in [4.69, 9.17) is 0 Å². The molecule has 0 N–H and O–H groups in total. The third-order valence-electron chi connectivity index (χ3n) is 1.74. The molecule has 0 amide bonds. The van der Waals surface area contributed by atoms with Gasteiger partial charge in [0.05, 0.1) is 4.92 Å². The van der Waals surface area contributed by atoms with Crippen molar-refractivity contribution >= 4 is 18.3 Å². The molecule has 1 rings (SSSR count). The van der Waals surface area contributed by atoms with Crippen LogP contribution in [0, 0.1) is 17.0 Å². The fraction of sp³-hybridized carbons (Fsp3) is 0.250. The zero-order valence-electron chi connectivity index (χ0n) is 6.65. The number of benzene rings is 1. The van der Waals surface area contributed by atoms with E-state index in [-0.39, 0.29) is 10.6 Å². The number of aryl methyl sites for hydroxylation is 1. The molecule has 12 heavy (non-hydrogen) atoms. The Morgan fingerprint density at radius 2 is 2.25 bits per heavy atom. The minimum Gasteiger partial charge on any atom is -0.258 e. The molecule has 0 unspecified atom stereocenters. The third-order valence-corrected chi connectivity index (χ3v) is 2.06. The highest BCUT2D eigenvalue weighted by Gasteiger charge is 2.12. The second kappa shape index (κ2) is 3.58. The van der Waals surface area contributed by atoms with Gasteiger partial charge in [0.15, 0.2) is 0 Å². The molecule has 3 nitrogen and oxygen atoms in total. The highest BCUT2D eigenvalue weighted by Crippen LogP contribution is 2.22. The van der Waals surface area contributed by atoms with Crippen molar-refractivity contribution < 1.29 is 4.92 Å². The number of hydrogen-bond acceptors (Lipinski definition) is 3. The van der Waals surface area contributed by atoms with Crippen molar-refractivity contribution in [3.8, 4) is 0 Å². The molecule has 0 aliphatic heterocycles. The third kappa shape index (κ3) is 1.58. The molecule has 0 heterocycles. The molecule has 0 aromatic heterocycles. The van der Waals surface area contributed by atoms with Crippen LogP contribution in [0.2, 0.25) is 0 Å². The summed E-state index contributed by atoms with van der Waals surface area (Å²) in [4.78, 5) is 10.1. The smallest absolute Gasteiger partial charge is 0.258 e. The lowest BCUT2D eigenvalue weighted by atomic mass is 10.1. The topological polar surface area (TPSA) is 43.1 Å². The van der Waals surface area contributed by atoms with E-state index in [2.05, 4.69) is 12.6 Å². The largest absolute Gasteiger partial charge is 0.273 e. The monoisotopic (exact) mass is 183 g/mol. The van der Waals surface area contributed by atoms with Crippen molar-refractivity contribution in [2.24, 2.45) is 0 Å². The van der Waals surface area contributed by atoms with Gasteiger partial charge in [0.2, 0.25) is 0 Å². The zero-order chi connectivity index (χ0) is 9.14. The number of nitro benzene ring substituents is 1. The Morgan fingerprint density at radius 3 is 2.67 bits per heavy atom. The second-order valence-corrected chi connectivity index (χ2v) is 2.80. The summed E-state index contributed by atoms with van der Waals surface area (Å²) >= 11 is 4.04. The van der Waals surface area contributed by atoms with Crippen LogP contribution in [0.4, 0.5) is 5.69 Å². The predicted octanol–water partition coefficient (Wildman–Crippen LogP) is 2.33. The molecule has 1 aromatic rings. The van der Waals surface area contributed by atoms with E-state index in [0.29, 0.717) is 11.3 Å². The minimum absolute atomic E-state index is 0.157. The summed E-state index contributed by atoms with van der Waals surface area (Å²) in [5.41, 5.74) is 1.77. The lowest BCUT2D eigenvalue weighted by Crippen LogP contribution is -1.95. The van der Waals surface area contributed by atoms with Gasteiger partial charge in [0.25, 0.3) is 5.69 Å². The molecular formula is C8H9NO2S. The minimum atomic E-state index is -0.376. The summed E-state index contributed by atoms with van der Waals surface area (Å²) < 4.78 is 0. The molecule has 4 heteroatoms. The number of thiol groups is 1. The Labute approximate surface area is 76.0 Å². The van der Waals surface area contributed by atoms with Gasteiger partial charge in [0.1, 0.15) is 0 Å². The predicted molar refractivity (Wildman–Crippen MR) is 50.5 cm³/mol. The molecule has 0 bridgehead atoms. The maximum absolute atomic E-state index is 10.5. The summed E-state index contributed by atoms with van der Waals surface area (Å²) in [5, 5.41) is 10.5. The van der Waals surface area contributed by atoms with Crippen molar-refractivity contribution in [1.82, 2.24) is 0 Å². The lowest BCUT2D eigenvalue weighted by molar-refractivity contribution is -0.385.